The van der Waals surface area contributed by atoms with Crippen molar-refractivity contribution in [2.45, 2.75) is 38.7 Å². The third-order valence-corrected chi connectivity index (χ3v) is 4.96. The van der Waals surface area contributed by atoms with E-state index in [-0.39, 0.29) is 43.2 Å². The van der Waals surface area contributed by atoms with E-state index in [2.05, 4.69) is 10.0 Å². The SMILES string of the molecule is CC(C)NS(=O)(=O)Cc1ccccc1CNC(=O)c1coc(CN)c1.Cl. The maximum atomic E-state index is 12.1. The summed E-state index contributed by atoms with van der Waals surface area (Å²) in [5.74, 6) is 0.0816. The van der Waals surface area contributed by atoms with Crippen molar-refractivity contribution in [3.8, 4) is 0 Å². The molecule has 0 saturated heterocycles. The molecule has 0 fully saturated rings. The molecular weight excluding hydrogens is 378 g/mol. The van der Waals surface area contributed by atoms with Crippen LogP contribution >= 0.6 is 12.4 Å². The second-order valence-corrected chi connectivity index (χ2v) is 7.74. The van der Waals surface area contributed by atoms with E-state index in [1.54, 1.807) is 44.2 Å². The first kappa shape index (κ1) is 22.2. The molecule has 1 aromatic carbocycles. The van der Waals surface area contributed by atoms with Crippen molar-refractivity contribution in [2.75, 3.05) is 0 Å². The third-order valence-electron chi connectivity index (χ3n) is 3.44. The predicted molar refractivity (Wildman–Crippen MR) is 102 cm³/mol. The van der Waals surface area contributed by atoms with Gasteiger partial charge in [-0.25, -0.2) is 13.1 Å². The normalized spacial score (nSPS) is 11.2. The number of furan rings is 1. The average molecular weight is 402 g/mol. The van der Waals surface area contributed by atoms with E-state index in [1.165, 1.54) is 6.26 Å². The van der Waals surface area contributed by atoms with E-state index < -0.39 is 10.0 Å². The molecule has 0 atom stereocenters. The van der Waals surface area contributed by atoms with Gasteiger partial charge in [0.2, 0.25) is 10.0 Å². The van der Waals surface area contributed by atoms with Crippen LogP contribution in [-0.2, 0) is 28.9 Å². The summed E-state index contributed by atoms with van der Waals surface area (Å²) >= 11 is 0. The molecular formula is C17H24ClN3O4S. The van der Waals surface area contributed by atoms with Crippen LogP contribution in [0.2, 0.25) is 0 Å². The molecule has 7 nitrogen and oxygen atoms in total. The van der Waals surface area contributed by atoms with Crippen LogP contribution in [-0.4, -0.2) is 20.4 Å². The number of halogens is 1. The fourth-order valence-corrected chi connectivity index (χ4v) is 3.85. The highest BCUT2D eigenvalue weighted by Gasteiger charge is 2.16. The second-order valence-electron chi connectivity index (χ2n) is 5.99. The minimum atomic E-state index is -3.44. The highest BCUT2D eigenvalue weighted by molar-refractivity contribution is 7.88. The first-order valence-corrected chi connectivity index (χ1v) is 9.58. The van der Waals surface area contributed by atoms with Gasteiger partial charge in [-0.1, -0.05) is 24.3 Å². The van der Waals surface area contributed by atoms with Crippen LogP contribution in [0.4, 0.5) is 0 Å². The van der Waals surface area contributed by atoms with Gasteiger partial charge in [0.1, 0.15) is 12.0 Å². The topological polar surface area (TPSA) is 114 Å². The molecule has 26 heavy (non-hydrogen) atoms. The van der Waals surface area contributed by atoms with Gasteiger partial charge in [-0.05, 0) is 31.0 Å². The Morgan fingerprint density at radius 3 is 2.46 bits per heavy atom. The van der Waals surface area contributed by atoms with Crippen LogP contribution in [0.25, 0.3) is 0 Å². The molecule has 0 radical (unpaired) electrons. The van der Waals surface area contributed by atoms with Crippen molar-refractivity contribution in [3.63, 3.8) is 0 Å². The van der Waals surface area contributed by atoms with Crippen molar-refractivity contribution < 1.29 is 17.6 Å². The number of hydrogen-bond donors (Lipinski definition) is 3. The molecule has 0 unspecified atom stereocenters. The molecule has 0 aliphatic rings. The van der Waals surface area contributed by atoms with Crippen LogP contribution in [0.1, 0.15) is 41.1 Å². The van der Waals surface area contributed by atoms with Crippen molar-refractivity contribution in [2.24, 2.45) is 5.73 Å². The minimum Gasteiger partial charge on any atom is -0.467 e. The standard InChI is InChI=1S/C17H23N3O4S.ClH/c1-12(2)20-25(22,23)11-14-6-4-3-5-13(14)9-19-17(21)15-7-16(8-18)24-10-15;/h3-7,10,12,20H,8-9,11,18H2,1-2H3,(H,19,21);1H. The van der Waals surface area contributed by atoms with Crippen LogP contribution in [0.3, 0.4) is 0 Å². The van der Waals surface area contributed by atoms with Crippen molar-refractivity contribution >= 4 is 28.3 Å². The van der Waals surface area contributed by atoms with E-state index >= 15 is 0 Å². The molecule has 1 heterocycles. The number of carbonyl (C=O) groups is 1. The van der Waals surface area contributed by atoms with Crippen LogP contribution in [0.15, 0.2) is 41.0 Å². The summed E-state index contributed by atoms with van der Waals surface area (Å²) in [6, 6.07) is 8.52. The summed E-state index contributed by atoms with van der Waals surface area (Å²) in [5, 5.41) is 2.76. The first-order valence-electron chi connectivity index (χ1n) is 7.93. The number of nitrogens with two attached hydrogens (primary N) is 1. The van der Waals surface area contributed by atoms with Crippen molar-refractivity contribution in [3.05, 3.63) is 59.0 Å². The van der Waals surface area contributed by atoms with E-state index in [4.69, 9.17) is 10.2 Å². The summed E-state index contributed by atoms with van der Waals surface area (Å²) in [4.78, 5) is 12.1. The molecule has 1 aromatic heterocycles. The lowest BCUT2D eigenvalue weighted by atomic mass is 10.1. The van der Waals surface area contributed by atoms with Gasteiger partial charge in [-0.15, -0.1) is 12.4 Å². The van der Waals surface area contributed by atoms with Crippen LogP contribution in [0.5, 0.6) is 0 Å². The molecule has 9 heteroatoms. The average Bonchev–Trinajstić information content (AvgIpc) is 3.01. The summed E-state index contributed by atoms with van der Waals surface area (Å²) < 4.78 is 32.0. The number of rotatable bonds is 8. The number of benzene rings is 1. The Kier molecular flexibility index (Phi) is 8.29. The van der Waals surface area contributed by atoms with E-state index in [1.807, 2.05) is 0 Å². The lowest BCUT2D eigenvalue weighted by Gasteiger charge is -2.13. The largest absolute Gasteiger partial charge is 0.467 e. The Hall–Kier alpha value is -1.87. The fraction of sp³-hybridized carbons (Fsp3) is 0.353. The zero-order chi connectivity index (χ0) is 18.4. The number of carbonyl (C=O) groups excluding carboxylic acids is 1. The zero-order valence-electron chi connectivity index (χ0n) is 14.7. The van der Waals surface area contributed by atoms with Crippen LogP contribution in [0, 0.1) is 0 Å². The molecule has 0 saturated carbocycles. The highest BCUT2D eigenvalue weighted by Crippen LogP contribution is 2.13. The summed E-state index contributed by atoms with van der Waals surface area (Å²) in [5.41, 5.74) is 7.22. The zero-order valence-corrected chi connectivity index (χ0v) is 16.3. The Morgan fingerprint density at radius 2 is 1.88 bits per heavy atom. The minimum absolute atomic E-state index is 0. The Balaban J connectivity index is 0.00000338. The molecule has 0 aliphatic heterocycles. The molecule has 0 bridgehead atoms. The Bertz CT molecular complexity index is 834. The highest BCUT2D eigenvalue weighted by atomic mass is 35.5. The van der Waals surface area contributed by atoms with Gasteiger partial charge in [0.05, 0.1) is 17.9 Å². The Labute approximate surface area is 159 Å². The van der Waals surface area contributed by atoms with Gasteiger partial charge in [-0.2, -0.15) is 0 Å². The summed E-state index contributed by atoms with van der Waals surface area (Å²) in [6.45, 7) is 3.97. The van der Waals surface area contributed by atoms with Crippen LogP contribution < -0.4 is 15.8 Å². The smallest absolute Gasteiger partial charge is 0.254 e. The van der Waals surface area contributed by atoms with Gasteiger partial charge in [0.25, 0.3) is 5.91 Å². The fourth-order valence-electron chi connectivity index (χ4n) is 2.36. The maximum absolute atomic E-state index is 12.1. The number of sulfonamides is 1. The van der Waals surface area contributed by atoms with E-state index in [0.717, 1.165) is 5.56 Å². The van der Waals surface area contributed by atoms with Crippen molar-refractivity contribution in [1.82, 2.24) is 10.0 Å². The van der Waals surface area contributed by atoms with Gasteiger partial charge in [0, 0.05) is 12.6 Å². The summed E-state index contributed by atoms with van der Waals surface area (Å²) in [7, 11) is -3.44. The Morgan fingerprint density at radius 1 is 1.23 bits per heavy atom. The van der Waals surface area contributed by atoms with E-state index in [0.29, 0.717) is 16.9 Å². The number of hydrogen-bond acceptors (Lipinski definition) is 5. The molecule has 0 aliphatic carbocycles. The lowest BCUT2D eigenvalue weighted by molar-refractivity contribution is 0.0950. The first-order chi connectivity index (χ1) is 11.8. The van der Waals surface area contributed by atoms with Gasteiger partial charge >= 0.3 is 0 Å². The molecule has 1 amide bonds. The maximum Gasteiger partial charge on any atom is 0.254 e. The monoisotopic (exact) mass is 401 g/mol. The molecule has 4 N–H and O–H groups in total. The third kappa shape index (κ3) is 6.45. The predicted octanol–water partition coefficient (Wildman–Crippen LogP) is 1.92. The second kappa shape index (κ2) is 9.72. The molecule has 2 aromatic rings. The molecule has 2 rings (SSSR count). The van der Waals surface area contributed by atoms with Gasteiger partial charge < -0.3 is 15.5 Å². The number of amides is 1. The van der Waals surface area contributed by atoms with Gasteiger partial charge in [-0.3, -0.25) is 4.79 Å². The molecule has 0 spiro atoms. The quantitative estimate of drug-likeness (QED) is 0.625. The molecule has 144 valence electrons. The number of nitrogens with one attached hydrogen (secondary N) is 2. The van der Waals surface area contributed by atoms with Gasteiger partial charge in [0.15, 0.2) is 0 Å². The van der Waals surface area contributed by atoms with E-state index in [9.17, 15) is 13.2 Å². The lowest BCUT2D eigenvalue weighted by Crippen LogP contribution is -2.31. The summed E-state index contributed by atoms with van der Waals surface area (Å²) in [6.07, 6.45) is 1.35. The van der Waals surface area contributed by atoms with Crippen molar-refractivity contribution in [1.29, 1.82) is 0 Å².